The first-order valence-corrected chi connectivity index (χ1v) is 9.32. The Labute approximate surface area is 155 Å². The summed E-state index contributed by atoms with van der Waals surface area (Å²) in [7, 11) is 1.55. The maximum absolute atomic E-state index is 12.1. The second-order valence-electron chi connectivity index (χ2n) is 6.98. The third-order valence-electron chi connectivity index (χ3n) is 5.33. The first-order chi connectivity index (χ1) is 12.1. The van der Waals surface area contributed by atoms with Gasteiger partial charge in [0, 0.05) is 43.9 Å². The molecular weight excluding hydrogens is 384 g/mol. The SMILES string of the molecule is COc1ccc(CN2C[C@H]3C[C@@H](C2)c2cccc(=O)n2C3)c(Br)c1O. The Kier molecular flexibility index (Phi) is 4.33. The number of piperidine rings is 1. The summed E-state index contributed by atoms with van der Waals surface area (Å²) >= 11 is 3.49. The zero-order valence-corrected chi connectivity index (χ0v) is 15.7. The van der Waals surface area contributed by atoms with Crippen molar-refractivity contribution >= 4 is 15.9 Å². The van der Waals surface area contributed by atoms with E-state index in [0.29, 0.717) is 22.1 Å². The van der Waals surface area contributed by atoms with E-state index in [1.54, 1.807) is 19.2 Å². The molecule has 2 atom stereocenters. The van der Waals surface area contributed by atoms with E-state index in [1.807, 2.05) is 16.7 Å². The van der Waals surface area contributed by atoms with Crippen LogP contribution in [0.25, 0.3) is 0 Å². The average Bonchev–Trinajstić information content (AvgIpc) is 2.60. The van der Waals surface area contributed by atoms with Crippen molar-refractivity contribution in [1.29, 1.82) is 0 Å². The molecule has 2 aromatic rings. The summed E-state index contributed by atoms with van der Waals surface area (Å²) in [6.07, 6.45) is 1.15. The van der Waals surface area contributed by atoms with E-state index in [2.05, 4.69) is 26.9 Å². The highest BCUT2D eigenvalue weighted by molar-refractivity contribution is 9.10. The van der Waals surface area contributed by atoms with Crippen molar-refractivity contribution in [2.45, 2.75) is 25.4 Å². The smallest absolute Gasteiger partial charge is 0.250 e. The molecule has 1 saturated heterocycles. The van der Waals surface area contributed by atoms with Gasteiger partial charge in [-0.1, -0.05) is 12.1 Å². The van der Waals surface area contributed by atoms with Crippen molar-refractivity contribution in [2.24, 2.45) is 5.92 Å². The van der Waals surface area contributed by atoms with E-state index in [1.165, 1.54) is 0 Å². The predicted molar refractivity (Wildman–Crippen MR) is 99.2 cm³/mol. The zero-order chi connectivity index (χ0) is 17.6. The molecule has 1 N–H and O–H groups in total. The number of pyridine rings is 1. The molecule has 0 unspecified atom stereocenters. The number of fused-ring (bicyclic) bond motifs is 4. The summed E-state index contributed by atoms with van der Waals surface area (Å²) in [5.74, 6) is 1.51. The number of halogens is 1. The van der Waals surface area contributed by atoms with Gasteiger partial charge in [-0.3, -0.25) is 9.69 Å². The van der Waals surface area contributed by atoms with E-state index in [-0.39, 0.29) is 11.3 Å². The fraction of sp³-hybridized carbons (Fsp3) is 0.421. The molecule has 0 aliphatic carbocycles. The molecule has 0 saturated carbocycles. The van der Waals surface area contributed by atoms with Crippen LogP contribution in [0.3, 0.4) is 0 Å². The largest absolute Gasteiger partial charge is 0.503 e. The van der Waals surface area contributed by atoms with Gasteiger partial charge in [0.15, 0.2) is 11.5 Å². The van der Waals surface area contributed by atoms with Gasteiger partial charge in [0.25, 0.3) is 5.56 Å². The molecule has 4 rings (SSSR count). The van der Waals surface area contributed by atoms with Crippen molar-refractivity contribution in [1.82, 2.24) is 9.47 Å². The van der Waals surface area contributed by atoms with Gasteiger partial charge in [-0.2, -0.15) is 0 Å². The van der Waals surface area contributed by atoms with Crippen molar-refractivity contribution < 1.29 is 9.84 Å². The van der Waals surface area contributed by atoms with Crippen LogP contribution in [-0.4, -0.2) is 34.8 Å². The molecule has 3 heterocycles. The number of phenols is 1. The number of methoxy groups -OCH3 is 1. The normalized spacial score (nSPS) is 22.5. The topological polar surface area (TPSA) is 54.7 Å². The molecule has 2 bridgehead atoms. The van der Waals surface area contributed by atoms with E-state index >= 15 is 0 Å². The molecule has 25 heavy (non-hydrogen) atoms. The van der Waals surface area contributed by atoms with E-state index in [4.69, 9.17) is 4.74 Å². The second-order valence-corrected chi connectivity index (χ2v) is 7.77. The third-order valence-corrected chi connectivity index (χ3v) is 6.21. The van der Waals surface area contributed by atoms with Crippen LogP contribution in [-0.2, 0) is 13.1 Å². The molecule has 0 amide bonds. The van der Waals surface area contributed by atoms with Crippen molar-refractivity contribution in [3.05, 3.63) is 56.4 Å². The lowest BCUT2D eigenvalue weighted by Crippen LogP contribution is -2.46. The summed E-state index contributed by atoms with van der Waals surface area (Å²) in [5, 5.41) is 10.2. The van der Waals surface area contributed by atoms with Gasteiger partial charge in [0.2, 0.25) is 0 Å². The Morgan fingerprint density at radius 2 is 2.08 bits per heavy atom. The maximum atomic E-state index is 12.1. The third kappa shape index (κ3) is 2.98. The summed E-state index contributed by atoms with van der Waals surface area (Å²) < 4.78 is 7.80. The molecule has 0 radical (unpaired) electrons. The van der Waals surface area contributed by atoms with Gasteiger partial charge in [-0.25, -0.2) is 0 Å². The first-order valence-electron chi connectivity index (χ1n) is 8.53. The Morgan fingerprint density at radius 3 is 2.88 bits per heavy atom. The Balaban J connectivity index is 1.57. The second kappa shape index (κ2) is 6.50. The summed E-state index contributed by atoms with van der Waals surface area (Å²) in [6, 6.07) is 9.40. The van der Waals surface area contributed by atoms with Crippen LogP contribution >= 0.6 is 15.9 Å². The minimum Gasteiger partial charge on any atom is -0.503 e. The van der Waals surface area contributed by atoms with Gasteiger partial charge >= 0.3 is 0 Å². The van der Waals surface area contributed by atoms with Crippen molar-refractivity contribution in [3.8, 4) is 11.5 Å². The molecule has 1 fully saturated rings. The highest BCUT2D eigenvalue weighted by Gasteiger charge is 2.34. The van der Waals surface area contributed by atoms with Gasteiger partial charge in [0.05, 0.1) is 11.6 Å². The average molecular weight is 405 g/mol. The number of nitrogens with zero attached hydrogens (tertiary/aromatic N) is 2. The Morgan fingerprint density at radius 1 is 1.24 bits per heavy atom. The summed E-state index contributed by atoms with van der Waals surface area (Å²) in [5.41, 5.74) is 2.32. The van der Waals surface area contributed by atoms with E-state index < -0.39 is 0 Å². The number of aromatic hydroxyl groups is 1. The Bertz CT molecular complexity index is 864. The Hall–Kier alpha value is -1.79. The zero-order valence-electron chi connectivity index (χ0n) is 14.1. The molecular formula is C19H21BrN2O3. The lowest BCUT2D eigenvalue weighted by molar-refractivity contribution is 0.114. The minimum atomic E-state index is 0.114. The number of rotatable bonds is 3. The van der Waals surface area contributed by atoms with E-state index in [0.717, 1.165) is 43.9 Å². The van der Waals surface area contributed by atoms with Gasteiger partial charge < -0.3 is 14.4 Å². The van der Waals surface area contributed by atoms with Gasteiger partial charge in [-0.05, 0) is 46.0 Å². The number of aromatic nitrogens is 1. The van der Waals surface area contributed by atoms with Crippen LogP contribution < -0.4 is 10.3 Å². The number of ether oxygens (including phenoxy) is 1. The van der Waals surface area contributed by atoms with Crippen LogP contribution in [0.1, 0.15) is 23.6 Å². The van der Waals surface area contributed by atoms with Gasteiger partial charge in [-0.15, -0.1) is 0 Å². The molecule has 5 nitrogen and oxygen atoms in total. The molecule has 2 aliphatic heterocycles. The maximum Gasteiger partial charge on any atom is 0.250 e. The molecule has 0 spiro atoms. The van der Waals surface area contributed by atoms with Crippen LogP contribution in [0.5, 0.6) is 11.5 Å². The summed E-state index contributed by atoms with van der Waals surface area (Å²) in [6.45, 7) is 3.47. The quantitative estimate of drug-likeness (QED) is 0.854. The summed E-state index contributed by atoms with van der Waals surface area (Å²) in [4.78, 5) is 14.5. The fourth-order valence-corrected chi connectivity index (χ4v) is 4.69. The van der Waals surface area contributed by atoms with Gasteiger partial charge in [0.1, 0.15) is 0 Å². The molecule has 6 heteroatoms. The van der Waals surface area contributed by atoms with Crippen molar-refractivity contribution in [3.63, 3.8) is 0 Å². The lowest BCUT2D eigenvalue weighted by atomic mass is 9.83. The highest BCUT2D eigenvalue weighted by Crippen LogP contribution is 2.39. The van der Waals surface area contributed by atoms with Crippen LogP contribution in [0.15, 0.2) is 39.6 Å². The number of likely N-dealkylation sites (tertiary alicyclic amines) is 1. The molecule has 1 aromatic carbocycles. The van der Waals surface area contributed by atoms with Crippen LogP contribution in [0.4, 0.5) is 0 Å². The molecule has 1 aromatic heterocycles. The predicted octanol–water partition coefficient (Wildman–Crippen LogP) is 2.94. The van der Waals surface area contributed by atoms with Crippen molar-refractivity contribution in [2.75, 3.05) is 20.2 Å². The molecule has 2 aliphatic rings. The lowest BCUT2D eigenvalue weighted by Gasteiger charge is -2.42. The molecule has 132 valence electrons. The number of phenolic OH excluding ortho intramolecular Hbond substituents is 1. The monoisotopic (exact) mass is 404 g/mol. The fourth-order valence-electron chi connectivity index (χ4n) is 4.24. The van der Waals surface area contributed by atoms with E-state index in [9.17, 15) is 9.90 Å². The minimum absolute atomic E-state index is 0.114. The number of benzene rings is 1. The number of hydrogen-bond acceptors (Lipinski definition) is 4. The van der Waals surface area contributed by atoms with Crippen LogP contribution in [0.2, 0.25) is 0 Å². The standard InChI is InChI=1S/C19H21BrN2O3/c1-25-16-6-5-13(18(20)19(16)24)10-21-8-12-7-14(11-21)15-3-2-4-17(23)22(15)9-12/h2-6,12,14,24H,7-11H2,1H3/t12-,14+/m1/s1. The highest BCUT2D eigenvalue weighted by atomic mass is 79.9. The first kappa shape index (κ1) is 16.7. The van der Waals surface area contributed by atoms with Crippen LogP contribution in [0, 0.1) is 5.92 Å². The number of hydrogen-bond donors (Lipinski definition) is 1.